The Kier molecular flexibility index (Phi) is 5.46. The van der Waals surface area contributed by atoms with Crippen LogP contribution >= 0.6 is 0 Å². The van der Waals surface area contributed by atoms with Gasteiger partial charge in [0, 0.05) is 31.7 Å². The van der Waals surface area contributed by atoms with Crippen molar-refractivity contribution in [1.29, 1.82) is 0 Å². The van der Waals surface area contributed by atoms with Crippen LogP contribution in [0, 0.1) is 0 Å². The van der Waals surface area contributed by atoms with E-state index in [9.17, 15) is 13.2 Å². The SMILES string of the molecule is O=C(c1ccc(-c2ccccc2)cc1)N1CCCN(S(=O)(=O)c2cnc[nH]2)CC1. The highest BCUT2D eigenvalue weighted by atomic mass is 32.2. The monoisotopic (exact) mass is 410 g/mol. The number of carbonyl (C=O) groups excluding carboxylic acids is 1. The van der Waals surface area contributed by atoms with Crippen molar-refractivity contribution in [3.05, 3.63) is 72.7 Å². The van der Waals surface area contributed by atoms with Gasteiger partial charge in [-0.3, -0.25) is 4.79 Å². The van der Waals surface area contributed by atoms with Crippen molar-refractivity contribution in [3.63, 3.8) is 0 Å². The number of amides is 1. The van der Waals surface area contributed by atoms with Crippen molar-refractivity contribution in [2.24, 2.45) is 0 Å². The molecule has 0 saturated carbocycles. The minimum Gasteiger partial charge on any atom is -0.337 e. The van der Waals surface area contributed by atoms with E-state index >= 15 is 0 Å². The Labute approximate surface area is 170 Å². The molecule has 1 aliphatic heterocycles. The lowest BCUT2D eigenvalue weighted by atomic mass is 10.0. The number of aromatic amines is 1. The van der Waals surface area contributed by atoms with Crippen molar-refractivity contribution >= 4 is 15.9 Å². The maximum Gasteiger partial charge on any atom is 0.260 e. The Morgan fingerprint density at radius 3 is 2.31 bits per heavy atom. The average Bonchev–Trinajstić information content (AvgIpc) is 3.19. The minimum absolute atomic E-state index is 0.0776. The van der Waals surface area contributed by atoms with Crippen LogP contribution in [0.3, 0.4) is 0 Å². The van der Waals surface area contributed by atoms with Gasteiger partial charge in [-0.25, -0.2) is 13.4 Å². The Hall–Kier alpha value is -2.97. The summed E-state index contributed by atoms with van der Waals surface area (Å²) >= 11 is 0. The molecule has 150 valence electrons. The van der Waals surface area contributed by atoms with Gasteiger partial charge in [0.25, 0.3) is 15.9 Å². The topological polar surface area (TPSA) is 86.4 Å². The summed E-state index contributed by atoms with van der Waals surface area (Å²) in [5.41, 5.74) is 2.75. The second-order valence-corrected chi connectivity index (χ2v) is 8.82. The fraction of sp³-hybridized carbons (Fsp3) is 0.238. The third-order valence-corrected chi connectivity index (χ3v) is 6.90. The second-order valence-electron chi connectivity index (χ2n) is 6.91. The molecule has 1 aliphatic rings. The maximum atomic E-state index is 12.9. The Morgan fingerprint density at radius 1 is 0.897 bits per heavy atom. The molecule has 0 unspecified atom stereocenters. The number of rotatable bonds is 4. The maximum absolute atomic E-state index is 12.9. The summed E-state index contributed by atoms with van der Waals surface area (Å²) in [5.74, 6) is -0.0783. The fourth-order valence-electron chi connectivity index (χ4n) is 3.48. The number of nitrogens with zero attached hydrogens (tertiary/aromatic N) is 3. The van der Waals surface area contributed by atoms with Crippen LogP contribution in [0.4, 0.5) is 0 Å². The molecule has 4 rings (SSSR count). The molecule has 0 aliphatic carbocycles. The zero-order valence-electron chi connectivity index (χ0n) is 15.9. The van der Waals surface area contributed by atoms with E-state index in [1.807, 2.05) is 54.6 Å². The van der Waals surface area contributed by atoms with E-state index in [4.69, 9.17) is 0 Å². The summed E-state index contributed by atoms with van der Waals surface area (Å²) < 4.78 is 26.8. The van der Waals surface area contributed by atoms with Crippen LogP contribution in [0.25, 0.3) is 11.1 Å². The van der Waals surface area contributed by atoms with Crippen LogP contribution in [0.2, 0.25) is 0 Å². The number of aromatic nitrogens is 2. The second kappa shape index (κ2) is 8.18. The normalized spacial score (nSPS) is 15.8. The lowest BCUT2D eigenvalue weighted by Gasteiger charge is -2.21. The summed E-state index contributed by atoms with van der Waals surface area (Å²) in [6.07, 6.45) is 3.23. The van der Waals surface area contributed by atoms with Crippen LogP contribution in [-0.4, -0.2) is 59.7 Å². The first kappa shape index (κ1) is 19.4. The van der Waals surface area contributed by atoms with E-state index in [0.717, 1.165) is 11.1 Å². The molecule has 8 heteroatoms. The number of hydrogen-bond acceptors (Lipinski definition) is 4. The lowest BCUT2D eigenvalue weighted by molar-refractivity contribution is 0.0764. The number of hydrogen-bond donors (Lipinski definition) is 1. The van der Waals surface area contributed by atoms with Gasteiger partial charge in [-0.15, -0.1) is 0 Å². The first-order chi connectivity index (χ1) is 14.1. The molecule has 0 bridgehead atoms. The van der Waals surface area contributed by atoms with Crippen molar-refractivity contribution in [1.82, 2.24) is 19.2 Å². The minimum atomic E-state index is -3.61. The molecule has 7 nitrogen and oxygen atoms in total. The molecule has 0 spiro atoms. The van der Waals surface area contributed by atoms with Gasteiger partial charge in [0.15, 0.2) is 5.03 Å². The van der Waals surface area contributed by atoms with Crippen molar-refractivity contribution in [2.75, 3.05) is 26.2 Å². The third-order valence-electron chi connectivity index (χ3n) is 5.07. The number of imidazole rings is 1. The molecule has 2 aromatic carbocycles. The predicted molar refractivity (Wildman–Crippen MR) is 110 cm³/mol. The smallest absolute Gasteiger partial charge is 0.260 e. The zero-order valence-corrected chi connectivity index (χ0v) is 16.7. The van der Waals surface area contributed by atoms with Crippen LogP contribution in [0.5, 0.6) is 0 Å². The van der Waals surface area contributed by atoms with Crippen LogP contribution < -0.4 is 0 Å². The molecular formula is C21H22N4O3S. The molecule has 3 aromatic rings. The molecular weight excluding hydrogens is 388 g/mol. The largest absolute Gasteiger partial charge is 0.337 e. The summed E-state index contributed by atoms with van der Waals surface area (Å²) in [5, 5.41) is 0.0776. The first-order valence-electron chi connectivity index (χ1n) is 9.49. The van der Waals surface area contributed by atoms with Gasteiger partial charge < -0.3 is 9.88 Å². The van der Waals surface area contributed by atoms with Crippen LogP contribution in [0.15, 0.2) is 72.1 Å². The number of benzene rings is 2. The van der Waals surface area contributed by atoms with Crippen molar-refractivity contribution < 1.29 is 13.2 Å². The third kappa shape index (κ3) is 4.08. The molecule has 1 amide bonds. The molecule has 29 heavy (non-hydrogen) atoms. The van der Waals surface area contributed by atoms with Crippen molar-refractivity contribution in [3.8, 4) is 11.1 Å². The van der Waals surface area contributed by atoms with Gasteiger partial charge in [-0.1, -0.05) is 42.5 Å². The number of nitrogens with one attached hydrogen (secondary N) is 1. The van der Waals surface area contributed by atoms with Gasteiger partial charge in [-0.05, 0) is 29.7 Å². The summed E-state index contributed by atoms with van der Waals surface area (Å²) in [4.78, 5) is 21.1. The van der Waals surface area contributed by atoms with Crippen LogP contribution in [0.1, 0.15) is 16.8 Å². The van der Waals surface area contributed by atoms with Gasteiger partial charge in [0.05, 0.1) is 12.5 Å². The molecule has 0 atom stereocenters. The number of sulfonamides is 1. The van der Waals surface area contributed by atoms with E-state index in [0.29, 0.717) is 31.6 Å². The highest BCUT2D eigenvalue weighted by molar-refractivity contribution is 7.89. The standard InChI is InChI=1S/C21H22N4O3S/c26-21(19-9-7-18(8-10-19)17-5-2-1-3-6-17)24-11-4-12-25(14-13-24)29(27,28)20-15-22-16-23-20/h1-3,5-10,15-16H,4,11-14H2,(H,22,23). The van der Waals surface area contributed by atoms with E-state index in [1.165, 1.54) is 16.8 Å². The van der Waals surface area contributed by atoms with E-state index in [-0.39, 0.29) is 17.5 Å². The molecule has 1 N–H and O–H groups in total. The summed E-state index contributed by atoms with van der Waals surface area (Å²) in [6, 6.07) is 17.5. The number of carbonyl (C=O) groups is 1. The fourth-order valence-corrected chi connectivity index (χ4v) is 4.84. The lowest BCUT2D eigenvalue weighted by Crippen LogP contribution is -2.37. The summed E-state index contributed by atoms with van der Waals surface area (Å²) in [7, 11) is -3.61. The Morgan fingerprint density at radius 2 is 1.62 bits per heavy atom. The van der Waals surface area contributed by atoms with E-state index in [2.05, 4.69) is 9.97 Å². The van der Waals surface area contributed by atoms with Gasteiger partial charge in [-0.2, -0.15) is 4.31 Å². The van der Waals surface area contributed by atoms with E-state index in [1.54, 1.807) is 4.90 Å². The predicted octanol–water partition coefficient (Wildman–Crippen LogP) is 2.61. The zero-order chi connectivity index (χ0) is 20.3. The van der Waals surface area contributed by atoms with Gasteiger partial charge in [0.1, 0.15) is 0 Å². The molecule has 1 aromatic heterocycles. The highest BCUT2D eigenvalue weighted by Crippen LogP contribution is 2.21. The van der Waals surface area contributed by atoms with Crippen molar-refractivity contribution in [2.45, 2.75) is 11.4 Å². The molecule has 1 fully saturated rings. The Bertz CT molecular complexity index is 1060. The summed E-state index contributed by atoms with van der Waals surface area (Å²) in [6.45, 7) is 1.51. The van der Waals surface area contributed by atoms with Crippen LogP contribution in [-0.2, 0) is 10.0 Å². The molecule has 2 heterocycles. The van der Waals surface area contributed by atoms with E-state index < -0.39 is 10.0 Å². The molecule has 0 radical (unpaired) electrons. The number of H-pyrrole nitrogens is 1. The quantitative estimate of drug-likeness (QED) is 0.716. The Balaban J connectivity index is 1.45. The highest BCUT2D eigenvalue weighted by Gasteiger charge is 2.29. The molecule has 1 saturated heterocycles. The van der Waals surface area contributed by atoms with Gasteiger partial charge >= 0.3 is 0 Å². The first-order valence-corrected chi connectivity index (χ1v) is 10.9. The average molecular weight is 410 g/mol. The van der Waals surface area contributed by atoms with Gasteiger partial charge in [0.2, 0.25) is 0 Å².